The molecule has 0 aromatic carbocycles. The Labute approximate surface area is 110 Å². The molecule has 2 atom stereocenters. The molecule has 3 rings (SSSR count). The maximum absolute atomic E-state index is 5.40. The molecule has 96 valence electrons. The Kier molecular flexibility index (Phi) is 2.81. The van der Waals surface area contributed by atoms with Crippen LogP contribution in [0.2, 0.25) is 0 Å². The molecular weight excluding hydrogens is 248 g/mol. The molecule has 0 bridgehead atoms. The van der Waals surface area contributed by atoms with Gasteiger partial charge in [0, 0.05) is 6.04 Å². The second kappa shape index (κ2) is 4.35. The molecule has 1 aliphatic carbocycles. The van der Waals surface area contributed by atoms with Gasteiger partial charge < -0.3 is 9.72 Å². The van der Waals surface area contributed by atoms with Gasteiger partial charge in [-0.05, 0) is 31.0 Å². The van der Waals surface area contributed by atoms with Crippen LogP contribution in [0.15, 0.2) is 6.33 Å². The smallest absolute Gasteiger partial charge is 0.242 e. The van der Waals surface area contributed by atoms with Gasteiger partial charge in [-0.3, -0.25) is 4.57 Å². The zero-order valence-corrected chi connectivity index (χ0v) is 11.3. The second-order valence-corrected chi connectivity index (χ2v) is 5.12. The number of methoxy groups -OCH3 is 1. The number of rotatable bonds is 4. The first-order valence-corrected chi connectivity index (χ1v) is 6.66. The molecule has 1 aliphatic rings. The second-order valence-electron chi connectivity index (χ2n) is 4.73. The normalized spacial score (nSPS) is 22.3. The number of nitrogens with one attached hydrogen (secondary N) is 1. The van der Waals surface area contributed by atoms with Gasteiger partial charge in [0.1, 0.15) is 11.8 Å². The topological polar surface area (TPSA) is 55.7 Å². The highest BCUT2D eigenvalue weighted by Gasteiger charge is 2.39. The number of hydrogen-bond donors (Lipinski definition) is 1. The van der Waals surface area contributed by atoms with Crippen molar-refractivity contribution >= 4 is 23.4 Å². The van der Waals surface area contributed by atoms with Crippen LogP contribution in [0.3, 0.4) is 0 Å². The molecule has 2 aromatic heterocycles. The fourth-order valence-electron chi connectivity index (χ4n) is 2.61. The van der Waals surface area contributed by atoms with Gasteiger partial charge in [-0.1, -0.05) is 13.3 Å². The van der Waals surface area contributed by atoms with E-state index >= 15 is 0 Å². The first-order chi connectivity index (χ1) is 8.76. The highest BCUT2D eigenvalue weighted by molar-refractivity contribution is 7.71. The fourth-order valence-corrected chi connectivity index (χ4v) is 2.93. The molecule has 1 saturated carbocycles. The van der Waals surface area contributed by atoms with Crippen LogP contribution in [0, 0.1) is 10.7 Å². The van der Waals surface area contributed by atoms with E-state index in [2.05, 4.69) is 26.4 Å². The van der Waals surface area contributed by atoms with Crippen LogP contribution in [-0.4, -0.2) is 26.6 Å². The van der Waals surface area contributed by atoms with Crippen molar-refractivity contribution in [3.63, 3.8) is 0 Å². The van der Waals surface area contributed by atoms with Crippen molar-refractivity contribution in [1.29, 1.82) is 0 Å². The summed E-state index contributed by atoms with van der Waals surface area (Å²) in [6.45, 7) is 2.22. The molecule has 1 N–H and O–H groups in total. The summed E-state index contributed by atoms with van der Waals surface area (Å²) in [5.41, 5.74) is 1.66. The van der Waals surface area contributed by atoms with E-state index < -0.39 is 0 Å². The molecule has 5 nitrogen and oxygen atoms in total. The minimum Gasteiger partial charge on any atom is -0.479 e. The Morgan fingerprint density at radius 3 is 3.11 bits per heavy atom. The van der Waals surface area contributed by atoms with E-state index in [1.54, 1.807) is 7.11 Å². The Morgan fingerprint density at radius 2 is 2.39 bits per heavy atom. The third kappa shape index (κ3) is 1.71. The van der Waals surface area contributed by atoms with E-state index in [4.69, 9.17) is 17.0 Å². The lowest BCUT2D eigenvalue weighted by atomic mass is 10.2. The predicted molar refractivity (Wildman–Crippen MR) is 71.3 cm³/mol. The fraction of sp³-hybridized carbons (Fsp3) is 0.583. The van der Waals surface area contributed by atoms with Gasteiger partial charge in [-0.25, -0.2) is 4.98 Å². The third-order valence-electron chi connectivity index (χ3n) is 3.54. The molecule has 0 amide bonds. The zero-order chi connectivity index (χ0) is 12.7. The molecule has 6 heteroatoms. The van der Waals surface area contributed by atoms with Crippen molar-refractivity contribution in [1.82, 2.24) is 19.5 Å². The number of H-pyrrole nitrogens is 1. The average Bonchev–Trinajstić information content (AvgIpc) is 3.02. The van der Waals surface area contributed by atoms with Crippen molar-refractivity contribution in [2.45, 2.75) is 32.2 Å². The summed E-state index contributed by atoms with van der Waals surface area (Å²) in [7, 11) is 1.60. The Hall–Kier alpha value is -1.43. The van der Waals surface area contributed by atoms with E-state index in [0.717, 1.165) is 17.1 Å². The van der Waals surface area contributed by atoms with E-state index in [-0.39, 0.29) is 0 Å². The summed E-state index contributed by atoms with van der Waals surface area (Å²) in [5, 5.41) is 0. The van der Waals surface area contributed by atoms with Crippen LogP contribution in [0.5, 0.6) is 5.88 Å². The SMILES string of the molecule is CCCC1CC1n1c(=S)[nH]c2c(OC)ncnc21. The number of fused-ring (bicyclic) bond motifs is 1. The highest BCUT2D eigenvalue weighted by atomic mass is 32.1. The van der Waals surface area contributed by atoms with Crippen molar-refractivity contribution in [3.8, 4) is 5.88 Å². The number of nitrogens with zero attached hydrogens (tertiary/aromatic N) is 3. The van der Waals surface area contributed by atoms with Crippen LogP contribution in [0.25, 0.3) is 11.2 Å². The first-order valence-electron chi connectivity index (χ1n) is 6.25. The number of hydrogen-bond acceptors (Lipinski definition) is 4. The molecule has 2 aromatic rings. The van der Waals surface area contributed by atoms with E-state index in [0.29, 0.717) is 16.7 Å². The molecule has 1 fully saturated rings. The first kappa shape index (κ1) is 11.6. The van der Waals surface area contributed by atoms with Gasteiger partial charge in [0.2, 0.25) is 5.88 Å². The highest BCUT2D eigenvalue weighted by Crippen LogP contribution is 2.47. The van der Waals surface area contributed by atoms with Crippen molar-refractivity contribution in [2.24, 2.45) is 5.92 Å². The standard InChI is InChI=1S/C12H16N4OS/c1-3-4-7-5-8(7)16-10-9(15-12(16)18)11(17-2)14-6-13-10/h6-8H,3-5H2,1-2H3,(H,15,18). The van der Waals surface area contributed by atoms with Gasteiger partial charge in [0.25, 0.3) is 0 Å². The van der Waals surface area contributed by atoms with Crippen LogP contribution >= 0.6 is 12.2 Å². The van der Waals surface area contributed by atoms with Gasteiger partial charge in [-0.2, -0.15) is 4.98 Å². The summed E-state index contributed by atoms with van der Waals surface area (Å²) in [6, 6.07) is 0.491. The molecular formula is C12H16N4OS. The van der Waals surface area contributed by atoms with Gasteiger partial charge >= 0.3 is 0 Å². The summed E-state index contributed by atoms with van der Waals surface area (Å²) >= 11 is 5.40. The summed E-state index contributed by atoms with van der Waals surface area (Å²) < 4.78 is 8.06. The Bertz CT molecular complexity index is 633. The minimum atomic E-state index is 0.491. The third-order valence-corrected chi connectivity index (χ3v) is 3.84. The molecule has 0 aliphatic heterocycles. The van der Waals surface area contributed by atoms with Gasteiger partial charge in [0.05, 0.1) is 7.11 Å². The van der Waals surface area contributed by atoms with Crippen LogP contribution < -0.4 is 4.74 Å². The van der Waals surface area contributed by atoms with Crippen LogP contribution in [0.1, 0.15) is 32.2 Å². The predicted octanol–water partition coefficient (Wildman–Crippen LogP) is 2.86. The summed E-state index contributed by atoms with van der Waals surface area (Å²) in [5.74, 6) is 1.29. The maximum atomic E-state index is 5.40. The Balaban J connectivity index is 2.08. The van der Waals surface area contributed by atoms with E-state index in [1.807, 2.05) is 0 Å². The summed E-state index contributed by atoms with van der Waals surface area (Å²) in [6.07, 6.45) is 5.19. The maximum Gasteiger partial charge on any atom is 0.242 e. The minimum absolute atomic E-state index is 0.491. The van der Waals surface area contributed by atoms with Crippen LogP contribution in [-0.2, 0) is 0 Å². The van der Waals surface area contributed by atoms with Crippen LogP contribution in [0.4, 0.5) is 0 Å². The van der Waals surface area contributed by atoms with E-state index in [1.165, 1.54) is 25.6 Å². The lowest BCUT2D eigenvalue weighted by Crippen LogP contribution is -1.99. The van der Waals surface area contributed by atoms with E-state index in [9.17, 15) is 0 Å². The number of imidazole rings is 1. The Morgan fingerprint density at radius 1 is 1.56 bits per heavy atom. The monoisotopic (exact) mass is 264 g/mol. The lowest BCUT2D eigenvalue weighted by molar-refractivity contribution is 0.401. The zero-order valence-electron chi connectivity index (χ0n) is 10.5. The molecule has 0 saturated heterocycles. The number of ether oxygens (including phenoxy) is 1. The van der Waals surface area contributed by atoms with Gasteiger partial charge in [0.15, 0.2) is 10.4 Å². The average molecular weight is 264 g/mol. The lowest BCUT2D eigenvalue weighted by Gasteiger charge is -2.03. The number of aromatic amines is 1. The summed E-state index contributed by atoms with van der Waals surface area (Å²) in [4.78, 5) is 11.6. The van der Waals surface area contributed by atoms with Gasteiger partial charge in [-0.15, -0.1) is 0 Å². The number of aromatic nitrogens is 4. The molecule has 0 radical (unpaired) electrons. The van der Waals surface area contributed by atoms with Crippen molar-refractivity contribution in [3.05, 3.63) is 11.1 Å². The largest absolute Gasteiger partial charge is 0.479 e. The van der Waals surface area contributed by atoms with Crippen molar-refractivity contribution in [2.75, 3.05) is 7.11 Å². The molecule has 18 heavy (non-hydrogen) atoms. The quantitative estimate of drug-likeness (QED) is 0.863. The molecule has 2 heterocycles. The van der Waals surface area contributed by atoms with Crippen molar-refractivity contribution < 1.29 is 4.74 Å². The molecule has 2 unspecified atom stereocenters. The molecule has 0 spiro atoms.